The zero-order chi connectivity index (χ0) is 16.6. The fourth-order valence-electron chi connectivity index (χ4n) is 3.56. The lowest BCUT2D eigenvalue weighted by atomic mass is 9.66. The van der Waals surface area contributed by atoms with Crippen molar-refractivity contribution in [2.45, 2.75) is 32.3 Å². The van der Waals surface area contributed by atoms with Crippen LogP contribution in [-0.4, -0.2) is 37.8 Å². The van der Waals surface area contributed by atoms with Crippen LogP contribution < -0.4 is 0 Å². The Bertz CT molecular complexity index is 715. The minimum Gasteiger partial charge on any atom is -0.381 e. The smallest absolute Gasteiger partial charge is 0.264 e. The first kappa shape index (κ1) is 15.6. The molecule has 1 spiro atoms. The van der Waals surface area contributed by atoms with Gasteiger partial charge in [-0.15, -0.1) is 0 Å². The zero-order valence-corrected chi connectivity index (χ0v) is 13.8. The SMILES string of the molecule is C=C1C2=C[C@](C)(COS(C)(=O)=O)C=C2C(=O)[C@](C)(O)C12CC2. The van der Waals surface area contributed by atoms with Gasteiger partial charge in [0.1, 0.15) is 5.60 Å². The summed E-state index contributed by atoms with van der Waals surface area (Å²) in [6.45, 7) is 7.37. The lowest BCUT2D eigenvalue weighted by Gasteiger charge is -2.39. The molecule has 0 amide bonds. The van der Waals surface area contributed by atoms with Crippen molar-refractivity contribution in [2.75, 3.05) is 12.9 Å². The van der Waals surface area contributed by atoms with E-state index < -0.39 is 26.5 Å². The molecule has 0 saturated heterocycles. The summed E-state index contributed by atoms with van der Waals surface area (Å²) in [5.41, 5.74) is -0.790. The second-order valence-electron chi connectivity index (χ2n) is 7.05. The highest BCUT2D eigenvalue weighted by molar-refractivity contribution is 7.85. The van der Waals surface area contributed by atoms with E-state index in [9.17, 15) is 18.3 Å². The minimum absolute atomic E-state index is 0.0749. The average Bonchev–Trinajstić information content (AvgIpc) is 3.13. The van der Waals surface area contributed by atoms with E-state index in [1.54, 1.807) is 19.9 Å². The summed E-state index contributed by atoms with van der Waals surface area (Å²) in [4.78, 5) is 12.7. The summed E-state index contributed by atoms with van der Waals surface area (Å²) in [5, 5.41) is 10.7. The fourth-order valence-corrected chi connectivity index (χ4v) is 4.02. The van der Waals surface area contributed by atoms with Crippen molar-refractivity contribution in [3.63, 3.8) is 0 Å². The van der Waals surface area contributed by atoms with E-state index in [1.807, 2.05) is 6.08 Å². The van der Waals surface area contributed by atoms with E-state index in [4.69, 9.17) is 4.18 Å². The lowest BCUT2D eigenvalue weighted by Crippen LogP contribution is -2.50. The molecular formula is C16H20O5S. The molecule has 2 saturated carbocycles. The topological polar surface area (TPSA) is 80.7 Å². The maximum atomic E-state index is 12.7. The van der Waals surface area contributed by atoms with Gasteiger partial charge in [-0.3, -0.25) is 8.98 Å². The van der Waals surface area contributed by atoms with Gasteiger partial charge in [0.15, 0.2) is 5.78 Å². The Kier molecular flexibility index (Phi) is 2.98. The highest BCUT2D eigenvalue weighted by Gasteiger charge is 2.66. The lowest BCUT2D eigenvalue weighted by molar-refractivity contribution is -0.137. The minimum atomic E-state index is -3.56. The number of allylic oxidation sites excluding steroid dienone is 1. The molecule has 0 aromatic rings. The molecule has 0 aromatic heterocycles. The van der Waals surface area contributed by atoms with E-state index in [-0.39, 0.29) is 12.4 Å². The van der Waals surface area contributed by atoms with E-state index in [2.05, 4.69) is 6.58 Å². The summed E-state index contributed by atoms with van der Waals surface area (Å²) >= 11 is 0. The molecule has 5 nitrogen and oxygen atoms in total. The van der Waals surface area contributed by atoms with Crippen LogP contribution in [0.4, 0.5) is 0 Å². The van der Waals surface area contributed by atoms with Crippen LogP contribution in [0.2, 0.25) is 0 Å². The van der Waals surface area contributed by atoms with Crippen LogP contribution in [0, 0.1) is 10.8 Å². The first-order valence-electron chi connectivity index (χ1n) is 7.19. The molecule has 120 valence electrons. The standard InChI is InChI=1S/C16H20O5S/c1-10-11-7-14(2,9-21-22(4,19)20)8-12(11)13(17)15(3,18)16(10)5-6-16/h7-8,18H,1,5-6,9H2,2-4H3/t14-,15-/m0/s1. The molecule has 2 atom stereocenters. The monoisotopic (exact) mass is 324 g/mol. The van der Waals surface area contributed by atoms with Crippen molar-refractivity contribution in [2.24, 2.45) is 10.8 Å². The Morgan fingerprint density at radius 2 is 1.82 bits per heavy atom. The molecule has 0 heterocycles. The van der Waals surface area contributed by atoms with Gasteiger partial charge in [0, 0.05) is 16.4 Å². The van der Waals surface area contributed by atoms with E-state index in [1.165, 1.54) is 0 Å². The van der Waals surface area contributed by atoms with Crippen molar-refractivity contribution in [3.8, 4) is 0 Å². The zero-order valence-electron chi connectivity index (χ0n) is 13.0. The number of hydrogen-bond acceptors (Lipinski definition) is 5. The van der Waals surface area contributed by atoms with Gasteiger partial charge >= 0.3 is 0 Å². The molecule has 0 radical (unpaired) electrons. The Balaban J connectivity index is 2.00. The Morgan fingerprint density at radius 3 is 2.32 bits per heavy atom. The predicted octanol–water partition coefficient (Wildman–Crippen LogP) is 1.51. The third-order valence-corrected chi connectivity index (χ3v) is 5.64. The van der Waals surface area contributed by atoms with E-state index in [0.29, 0.717) is 5.57 Å². The van der Waals surface area contributed by atoms with E-state index >= 15 is 0 Å². The number of rotatable bonds is 3. The van der Waals surface area contributed by atoms with Crippen LogP contribution in [-0.2, 0) is 19.1 Å². The summed E-state index contributed by atoms with van der Waals surface area (Å²) in [5.74, 6) is -0.313. The summed E-state index contributed by atoms with van der Waals surface area (Å²) < 4.78 is 27.3. The molecule has 3 aliphatic rings. The van der Waals surface area contributed by atoms with Gasteiger partial charge in [0.2, 0.25) is 0 Å². The number of carbonyl (C=O) groups is 1. The Hall–Kier alpha value is -1.24. The Labute approximate surface area is 130 Å². The molecule has 0 unspecified atom stereocenters. The average molecular weight is 324 g/mol. The van der Waals surface area contributed by atoms with Gasteiger partial charge in [-0.25, -0.2) is 0 Å². The quantitative estimate of drug-likeness (QED) is 0.796. The summed E-state index contributed by atoms with van der Waals surface area (Å²) in [6, 6.07) is 0. The fraction of sp³-hybridized carbons (Fsp3) is 0.562. The van der Waals surface area contributed by atoms with Crippen molar-refractivity contribution < 1.29 is 22.5 Å². The number of hydrogen-bond donors (Lipinski definition) is 1. The second-order valence-corrected chi connectivity index (χ2v) is 8.69. The highest BCUT2D eigenvalue weighted by atomic mass is 32.2. The molecule has 0 bridgehead atoms. The van der Waals surface area contributed by atoms with Crippen LogP contribution in [0.3, 0.4) is 0 Å². The molecule has 1 N–H and O–H groups in total. The number of aliphatic hydroxyl groups is 1. The number of fused-ring (bicyclic) bond motifs is 1. The molecule has 6 heteroatoms. The number of carbonyl (C=O) groups excluding carboxylic acids is 1. The molecule has 0 aliphatic heterocycles. The van der Waals surface area contributed by atoms with E-state index in [0.717, 1.165) is 30.2 Å². The van der Waals surface area contributed by atoms with Crippen LogP contribution >= 0.6 is 0 Å². The Morgan fingerprint density at radius 1 is 1.27 bits per heavy atom. The molecule has 3 aliphatic carbocycles. The van der Waals surface area contributed by atoms with Crippen molar-refractivity contribution in [1.82, 2.24) is 0 Å². The van der Waals surface area contributed by atoms with Gasteiger partial charge < -0.3 is 5.11 Å². The first-order valence-corrected chi connectivity index (χ1v) is 9.01. The van der Waals surface area contributed by atoms with Crippen LogP contribution in [0.25, 0.3) is 0 Å². The summed E-state index contributed by atoms with van der Waals surface area (Å²) in [6.07, 6.45) is 6.00. The molecule has 3 rings (SSSR count). The van der Waals surface area contributed by atoms with Crippen LogP contribution in [0.5, 0.6) is 0 Å². The van der Waals surface area contributed by atoms with Gasteiger partial charge in [-0.1, -0.05) is 25.7 Å². The predicted molar refractivity (Wildman–Crippen MR) is 81.5 cm³/mol. The third-order valence-electron chi connectivity index (χ3n) is 5.09. The largest absolute Gasteiger partial charge is 0.381 e. The van der Waals surface area contributed by atoms with Gasteiger partial charge in [-0.05, 0) is 30.9 Å². The van der Waals surface area contributed by atoms with Crippen LogP contribution in [0.15, 0.2) is 35.5 Å². The van der Waals surface area contributed by atoms with Gasteiger partial charge in [0.05, 0.1) is 12.9 Å². The van der Waals surface area contributed by atoms with Gasteiger partial charge in [-0.2, -0.15) is 8.42 Å². The molecule has 2 fully saturated rings. The number of Topliss-reactive ketones (excluding diaryl/α,β-unsaturated/α-hetero) is 1. The highest BCUT2D eigenvalue weighted by Crippen LogP contribution is 2.66. The summed E-state index contributed by atoms with van der Waals surface area (Å²) in [7, 11) is -3.56. The first-order chi connectivity index (χ1) is 9.92. The van der Waals surface area contributed by atoms with Crippen molar-refractivity contribution in [1.29, 1.82) is 0 Å². The van der Waals surface area contributed by atoms with Crippen LogP contribution in [0.1, 0.15) is 26.7 Å². The normalized spacial score (nSPS) is 36.2. The molecule has 22 heavy (non-hydrogen) atoms. The molecule has 0 aromatic carbocycles. The van der Waals surface area contributed by atoms with Crippen molar-refractivity contribution in [3.05, 3.63) is 35.5 Å². The maximum absolute atomic E-state index is 12.7. The molecular weight excluding hydrogens is 304 g/mol. The second kappa shape index (κ2) is 4.19. The number of ketones is 1. The third kappa shape index (κ3) is 2.05. The van der Waals surface area contributed by atoms with Crippen molar-refractivity contribution >= 4 is 15.9 Å². The van der Waals surface area contributed by atoms with Gasteiger partial charge in [0.25, 0.3) is 10.1 Å². The maximum Gasteiger partial charge on any atom is 0.264 e.